The fraction of sp³-hybridized carbons (Fsp3) is 0.714. The van der Waals surface area contributed by atoms with Crippen LogP contribution in [0.3, 0.4) is 0 Å². The smallest absolute Gasteiger partial charge is 0.225 e. The van der Waals surface area contributed by atoms with E-state index in [1.807, 2.05) is 19.4 Å². The van der Waals surface area contributed by atoms with Gasteiger partial charge in [0.1, 0.15) is 0 Å². The van der Waals surface area contributed by atoms with Crippen molar-refractivity contribution in [3.8, 4) is 0 Å². The molecule has 2 atom stereocenters. The summed E-state index contributed by atoms with van der Waals surface area (Å²) >= 11 is 0. The second kappa shape index (κ2) is 6.14. The lowest BCUT2D eigenvalue weighted by Gasteiger charge is -2.34. The number of rotatable bonds is 4. The number of hydrogen-bond acceptors (Lipinski definition) is 4. The van der Waals surface area contributed by atoms with Crippen LogP contribution in [0.15, 0.2) is 12.4 Å². The van der Waals surface area contributed by atoms with Crippen LogP contribution >= 0.6 is 0 Å². The third-order valence-corrected chi connectivity index (χ3v) is 3.84. The highest BCUT2D eigenvalue weighted by Gasteiger charge is 2.23. The molecule has 1 saturated carbocycles. The molecule has 1 N–H and O–H groups in total. The Morgan fingerprint density at radius 1 is 1.33 bits per heavy atom. The Kier molecular flexibility index (Phi) is 4.53. The Balaban J connectivity index is 2.01. The first kappa shape index (κ1) is 13.3. The zero-order valence-electron chi connectivity index (χ0n) is 11.7. The first-order valence-electron chi connectivity index (χ1n) is 6.89. The van der Waals surface area contributed by atoms with Gasteiger partial charge >= 0.3 is 0 Å². The summed E-state index contributed by atoms with van der Waals surface area (Å²) in [5, 5.41) is 3.11. The van der Waals surface area contributed by atoms with E-state index in [-0.39, 0.29) is 0 Å². The van der Waals surface area contributed by atoms with Crippen LogP contribution in [0.25, 0.3) is 0 Å². The molecule has 4 nitrogen and oxygen atoms in total. The topological polar surface area (TPSA) is 41.1 Å². The molecule has 2 unspecified atom stereocenters. The molecule has 4 heteroatoms. The lowest BCUT2D eigenvalue weighted by molar-refractivity contribution is 0.334. The molecular weight excluding hydrogens is 224 g/mol. The molecule has 0 spiro atoms. The molecule has 1 fully saturated rings. The fourth-order valence-corrected chi connectivity index (χ4v) is 2.74. The van der Waals surface area contributed by atoms with E-state index in [0.717, 1.165) is 24.0 Å². The lowest BCUT2D eigenvalue weighted by Crippen LogP contribution is -2.36. The van der Waals surface area contributed by atoms with E-state index in [1.165, 1.54) is 25.7 Å². The Labute approximate surface area is 110 Å². The van der Waals surface area contributed by atoms with Crippen molar-refractivity contribution in [1.29, 1.82) is 0 Å². The van der Waals surface area contributed by atoms with Gasteiger partial charge in [-0.25, -0.2) is 9.97 Å². The van der Waals surface area contributed by atoms with Gasteiger partial charge in [-0.1, -0.05) is 19.8 Å². The molecule has 1 aliphatic rings. The summed E-state index contributed by atoms with van der Waals surface area (Å²) < 4.78 is 0. The first-order valence-corrected chi connectivity index (χ1v) is 6.89. The van der Waals surface area contributed by atoms with Gasteiger partial charge in [0.2, 0.25) is 5.95 Å². The monoisotopic (exact) mass is 248 g/mol. The molecule has 1 aliphatic carbocycles. The Morgan fingerprint density at radius 2 is 2.06 bits per heavy atom. The van der Waals surface area contributed by atoms with E-state index in [1.54, 1.807) is 0 Å². The summed E-state index contributed by atoms with van der Waals surface area (Å²) in [5.41, 5.74) is 1.13. The van der Waals surface area contributed by atoms with Crippen molar-refractivity contribution in [3.05, 3.63) is 18.0 Å². The number of hydrogen-bond donors (Lipinski definition) is 1. The predicted octanol–water partition coefficient (Wildman–Crippen LogP) is 2.21. The number of aromatic nitrogens is 2. The largest absolute Gasteiger partial charge is 0.341 e. The summed E-state index contributed by atoms with van der Waals surface area (Å²) in [5.74, 6) is 1.68. The average Bonchev–Trinajstić information content (AvgIpc) is 2.39. The SMILES string of the molecule is CNCc1cnc(N(C)C2CCCC(C)C2)nc1. The molecule has 1 heterocycles. The van der Waals surface area contributed by atoms with Crippen LogP contribution in [0.4, 0.5) is 5.95 Å². The van der Waals surface area contributed by atoms with Gasteiger partial charge in [-0.2, -0.15) is 0 Å². The van der Waals surface area contributed by atoms with Gasteiger partial charge < -0.3 is 10.2 Å². The fourth-order valence-electron chi connectivity index (χ4n) is 2.74. The highest BCUT2D eigenvalue weighted by atomic mass is 15.2. The molecule has 0 amide bonds. The minimum absolute atomic E-state index is 0.601. The third kappa shape index (κ3) is 3.19. The molecule has 0 aliphatic heterocycles. The van der Waals surface area contributed by atoms with Gasteiger partial charge in [0, 0.05) is 37.6 Å². The number of nitrogens with zero attached hydrogens (tertiary/aromatic N) is 3. The van der Waals surface area contributed by atoms with Gasteiger partial charge in [-0.15, -0.1) is 0 Å². The summed E-state index contributed by atoms with van der Waals surface area (Å²) in [6.07, 6.45) is 9.06. The lowest BCUT2D eigenvalue weighted by atomic mass is 9.86. The van der Waals surface area contributed by atoms with Gasteiger partial charge in [0.25, 0.3) is 0 Å². The summed E-state index contributed by atoms with van der Waals surface area (Å²) in [7, 11) is 4.05. The molecular formula is C14H24N4. The Bertz CT molecular complexity index is 363. The quantitative estimate of drug-likeness (QED) is 0.887. The Morgan fingerprint density at radius 3 is 2.67 bits per heavy atom. The van der Waals surface area contributed by atoms with Crippen LogP contribution in [0.2, 0.25) is 0 Å². The van der Waals surface area contributed by atoms with Crippen molar-refractivity contribution in [2.75, 3.05) is 19.0 Å². The van der Waals surface area contributed by atoms with E-state index in [0.29, 0.717) is 6.04 Å². The van der Waals surface area contributed by atoms with Crippen molar-refractivity contribution < 1.29 is 0 Å². The molecule has 0 saturated heterocycles. The van der Waals surface area contributed by atoms with E-state index >= 15 is 0 Å². The van der Waals surface area contributed by atoms with Gasteiger partial charge in [0.15, 0.2) is 0 Å². The zero-order valence-corrected chi connectivity index (χ0v) is 11.7. The molecule has 2 rings (SSSR count). The second-order valence-electron chi connectivity index (χ2n) is 5.46. The van der Waals surface area contributed by atoms with E-state index in [9.17, 15) is 0 Å². The van der Waals surface area contributed by atoms with E-state index < -0.39 is 0 Å². The van der Waals surface area contributed by atoms with Crippen LogP contribution < -0.4 is 10.2 Å². The second-order valence-corrected chi connectivity index (χ2v) is 5.46. The van der Waals surface area contributed by atoms with Crippen molar-refractivity contribution in [2.45, 2.75) is 45.2 Å². The molecule has 1 aromatic heterocycles. The number of anilines is 1. The molecule has 0 radical (unpaired) electrons. The molecule has 18 heavy (non-hydrogen) atoms. The minimum Gasteiger partial charge on any atom is -0.341 e. The van der Waals surface area contributed by atoms with Crippen LogP contribution in [0.1, 0.15) is 38.2 Å². The van der Waals surface area contributed by atoms with Crippen LogP contribution in [-0.4, -0.2) is 30.1 Å². The third-order valence-electron chi connectivity index (χ3n) is 3.84. The maximum atomic E-state index is 4.47. The van der Waals surface area contributed by atoms with Crippen LogP contribution in [0, 0.1) is 5.92 Å². The van der Waals surface area contributed by atoms with Gasteiger partial charge in [-0.3, -0.25) is 0 Å². The molecule has 1 aromatic rings. The van der Waals surface area contributed by atoms with Crippen LogP contribution in [0.5, 0.6) is 0 Å². The molecule has 0 bridgehead atoms. The summed E-state index contributed by atoms with van der Waals surface area (Å²) in [4.78, 5) is 11.2. The number of nitrogens with one attached hydrogen (secondary N) is 1. The van der Waals surface area contributed by atoms with E-state index in [4.69, 9.17) is 0 Å². The zero-order chi connectivity index (χ0) is 13.0. The summed E-state index contributed by atoms with van der Waals surface area (Å²) in [6, 6.07) is 0.601. The van der Waals surface area contributed by atoms with Crippen molar-refractivity contribution in [3.63, 3.8) is 0 Å². The molecule has 100 valence electrons. The van der Waals surface area contributed by atoms with Gasteiger partial charge in [-0.05, 0) is 25.8 Å². The highest BCUT2D eigenvalue weighted by molar-refractivity contribution is 5.30. The Hall–Kier alpha value is -1.16. The normalized spacial score (nSPS) is 23.9. The van der Waals surface area contributed by atoms with Gasteiger partial charge in [0.05, 0.1) is 0 Å². The van der Waals surface area contributed by atoms with Crippen molar-refractivity contribution in [1.82, 2.24) is 15.3 Å². The molecule has 0 aromatic carbocycles. The maximum Gasteiger partial charge on any atom is 0.225 e. The maximum absolute atomic E-state index is 4.47. The standard InChI is InChI=1S/C14H24N4/c1-11-5-4-6-13(7-11)18(3)14-16-9-12(8-15-2)10-17-14/h9-11,13,15H,4-8H2,1-3H3. The minimum atomic E-state index is 0.601. The van der Waals surface area contributed by atoms with Crippen LogP contribution in [-0.2, 0) is 6.54 Å². The average molecular weight is 248 g/mol. The first-order chi connectivity index (χ1) is 8.70. The highest BCUT2D eigenvalue weighted by Crippen LogP contribution is 2.28. The van der Waals surface area contributed by atoms with Crippen molar-refractivity contribution >= 4 is 5.95 Å². The van der Waals surface area contributed by atoms with Crippen molar-refractivity contribution in [2.24, 2.45) is 5.92 Å². The van der Waals surface area contributed by atoms with E-state index in [2.05, 4.69) is 34.2 Å². The predicted molar refractivity (Wildman–Crippen MR) is 74.6 cm³/mol. The summed E-state index contributed by atoms with van der Waals surface area (Å²) in [6.45, 7) is 3.17.